The SMILES string of the molecule is COc1c(C)cnc(CN(C(=O)OC(C)(C)C)c2cc(C)cc(-c3ccc(-c4ccccc4)cc3)c2)c1C. The third-order valence-electron chi connectivity index (χ3n) is 6.37. The third-order valence-corrected chi connectivity index (χ3v) is 6.37. The second-order valence-corrected chi connectivity index (χ2v) is 10.6. The van der Waals surface area contributed by atoms with E-state index in [2.05, 4.69) is 47.4 Å². The highest BCUT2D eigenvalue weighted by molar-refractivity contribution is 5.89. The van der Waals surface area contributed by atoms with E-state index in [9.17, 15) is 4.79 Å². The zero-order valence-electron chi connectivity index (χ0n) is 23.3. The molecule has 5 nitrogen and oxygen atoms in total. The Morgan fingerprint density at radius 2 is 1.45 bits per heavy atom. The van der Waals surface area contributed by atoms with Crippen LogP contribution in [0, 0.1) is 20.8 Å². The fraction of sp³-hybridized carbons (Fsp3) is 0.273. The van der Waals surface area contributed by atoms with Gasteiger partial charge in [0.25, 0.3) is 0 Å². The van der Waals surface area contributed by atoms with Crippen LogP contribution in [0.3, 0.4) is 0 Å². The van der Waals surface area contributed by atoms with Gasteiger partial charge in [0.1, 0.15) is 11.4 Å². The summed E-state index contributed by atoms with van der Waals surface area (Å²) in [5, 5.41) is 0. The fourth-order valence-corrected chi connectivity index (χ4v) is 4.53. The summed E-state index contributed by atoms with van der Waals surface area (Å²) in [4.78, 5) is 19.8. The summed E-state index contributed by atoms with van der Waals surface area (Å²) in [6.07, 6.45) is 1.36. The Morgan fingerprint density at radius 3 is 2.05 bits per heavy atom. The van der Waals surface area contributed by atoms with Crippen LogP contribution in [-0.4, -0.2) is 23.8 Å². The molecule has 0 radical (unpaired) electrons. The predicted octanol–water partition coefficient (Wildman–Crippen LogP) is 8.29. The second kappa shape index (κ2) is 11.1. The van der Waals surface area contributed by atoms with Gasteiger partial charge in [0.2, 0.25) is 0 Å². The number of aryl methyl sites for hydroxylation is 2. The Morgan fingerprint density at radius 1 is 0.842 bits per heavy atom. The van der Waals surface area contributed by atoms with E-state index < -0.39 is 11.7 Å². The third kappa shape index (κ3) is 6.23. The van der Waals surface area contributed by atoms with Gasteiger partial charge in [-0.15, -0.1) is 0 Å². The van der Waals surface area contributed by atoms with E-state index in [-0.39, 0.29) is 6.54 Å². The number of nitrogens with zero attached hydrogens (tertiary/aromatic N) is 2. The molecule has 1 aromatic heterocycles. The first-order valence-corrected chi connectivity index (χ1v) is 12.8. The molecule has 0 unspecified atom stereocenters. The van der Waals surface area contributed by atoms with Crippen molar-refractivity contribution >= 4 is 11.8 Å². The first-order chi connectivity index (χ1) is 18.1. The van der Waals surface area contributed by atoms with Crippen molar-refractivity contribution in [3.8, 4) is 28.0 Å². The van der Waals surface area contributed by atoms with E-state index >= 15 is 0 Å². The van der Waals surface area contributed by atoms with Crippen LogP contribution in [0.4, 0.5) is 10.5 Å². The molecule has 0 saturated carbocycles. The number of methoxy groups -OCH3 is 1. The Balaban J connectivity index is 1.74. The molecular formula is C33H36N2O3. The van der Waals surface area contributed by atoms with Gasteiger partial charge in [-0.1, -0.05) is 60.7 Å². The van der Waals surface area contributed by atoms with Gasteiger partial charge in [-0.05, 0) is 81.5 Å². The maximum absolute atomic E-state index is 13.5. The molecule has 1 heterocycles. The number of aromatic nitrogens is 1. The number of hydrogen-bond donors (Lipinski definition) is 0. The monoisotopic (exact) mass is 508 g/mol. The van der Waals surface area contributed by atoms with E-state index in [1.807, 2.05) is 71.9 Å². The average Bonchev–Trinajstić information content (AvgIpc) is 2.88. The molecule has 5 heteroatoms. The van der Waals surface area contributed by atoms with Crippen LogP contribution in [0.15, 0.2) is 79.0 Å². The highest BCUT2D eigenvalue weighted by Crippen LogP contribution is 2.32. The van der Waals surface area contributed by atoms with Gasteiger partial charge in [-0.25, -0.2) is 4.79 Å². The van der Waals surface area contributed by atoms with E-state index in [4.69, 9.17) is 9.47 Å². The number of rotatable bonds is 6. The predicted molar refractivity (Wildman–Crippen MR) is 155 cm³/mol. The average molecular weight is 509 g/mol. The number of carbonyl (C=O) groups excluding carboxylic acids is 1. The minimum absolute atomic E-state index is 0.257. The lowest BCUT2D eigenvalue weighted by Crippen LogP contribution is -2.37. The smallest absolute Gasteiger partial charge is 0.415 e. The number of anilines is 1. The molecule has 1 amide bonds. The minimum Gasteiger partial charge on any atom is -0.496 e. The summed E-state index contributed by atoms with van der Waals surface area (Å²) in [6.45, 7) is 11.8. The van der Waals surface area contributed by atoms with Crippen LogP contribution in [0.2, 0.25) is 0 Å². The van der Waals surface area contributed by atoms with Gasteiger partial charge in [0.05, 0.1) is 19.3 Å². The lowest BCUT2D eigenvalue weighted by atomic mass is 9.98. The maximum atomic E-state index is 13.5. The maximum Gasteiger partial charge on any atom is 0.415 e. The second-order valence-electron chi connectivity index (χ2n) is 10.6. The molecule has 0 fully saturated rings. The highest BCUT2D eigenvalue weighted by atomic mass is 16.6. The Labute approximate surface area is 226 Å². The van der Waals surface area contributed by atoms with E-state index in [0.717, 1.165) is 50.5 Å². The molecule has 0 spiro atoms. The fourth-order valence-electron chi connectivity index (χ4n) is 4.53. The first kappa shape index (κ1) is 26.9. The lowest BCUT2D eigenvalue weighted by Gasteiger charge is -2.28. The Hall–Kier alpha value is -4.12. The van der Waals surface area contributed by atoms with Crippen LogP contribution in [0.1, 0.15) is 43.2 Å². The van der Waals surface area contributed by atoms with Crippen molar-refractivity contribution < 1.29 is 14.3 Å². The summed E-state index contributed by atoms with van der Waals surface area (Å²) in [5.74, 6) is 0.780. The lowest BCUT2D eigenvalue weighted by molar-refractivity contribution is 0.0577. The van der Waals surface area contributed by atoms with Crippen LogP contribution in [0.5, 0.6) is 5.75 Å². The van der Waals surface area contributed by atoms with Gasteiger partial charge < -0.3 is 9.47 Å². The summed E-state index contributed by atoms with van der Waals surface area (Å²) in [5.41, 5.74) is 8.22. The van der Waals surface area contributed by atoms with E-state index in [1.54, 1.807) is 18.2 Å². The number of amides is 1. The van der Waals surface area contributed by atoms with Crippen molar-refractivity contribution in [2.45, 2.75) is 53.7 Å². The van der Waals surface area contributed by atoms with Crippen molar-refractivity contribution in [1.82, 2.24) is 4.98 Å². The molecule has 0 saturated heterocycles. The standard InChI is InChI=1S/C33H36N2O3/c1-22-17-28(27-15-13-26(14-16-27)25-11-9-8-10-12-25)19-29(18-22)35(32(36)38-33(4,5)6)21-30-24(3)31(37-7)23(2)20-34-30/h8-20H,21H2,1-7H3. The summed E-state index contributed by atoms with van der Waals surface area (Å²) in [7, 11) is 1.65. The number of pyridine rings is 1. The number of carbonyl (C=O) groups is 1. The van der Waals surface area contributed by atoms with Crippen molar-refractivity contribution in [3.05, 3.63) is 101 Å². The normalized spacial score (nSPS) is 11.2. The van der Waals surface area contributed by atoms with Crippen molar-refractivity contribution in [2.75, 3.05) is 12.0 Å². The van der Waals surface area contributed by atoms with Gasteiger partial charge in [-0.2, -0.15) is 0 Å². The molecular weight excluding hydrogens is 472 g/mol. The van der Waals surface area contributed by atoms with Crippen LogP contribution in [0.25, 0.3) is 22.3 Å². The summed E-state index contributed by atoms with van der Waals surface area (Å²) in [6, 6.07) is 25.0. The quantitative estimate of drug-likeness (QED) is 0.263. The summed E-state index contributed by atoms with van der Waals surface area (Å²) >= 11 is 0. The summed E-state index contributed by atoms with van der Waals surface area (Å²) < 4.78 is 11.4. The minimum atomic E-state index is -0.636. The van der Waals surface area contributed by atoms with Crippen molar-refractivity contribution in [3.63, 3.8) is 0 Å². The van der Waals surface area contributed by atoms with Crippen LogP contribution >= 0.6 is 0 Å². The van der Waals surface area contributed by atoms with Gasteiger partial charge in [0, 0.05) is 23.0 Å². The molecule has 0 N–H and O–H groups in total. The van der Waals surface area contributed by atoms with Crippen molar-refractivity contribution in [1.29, 1.82) is 0 Å². The van der Waals surface area contributed by atoms with Crippen LogP contribution in [-0.2, 0) is 11.3 Å². The van der Waals surface area contributed by atoms with Gasteiger partial charge in [-0.3, -0.25) is 9.88 Å². The first-order valence-electron chi connectivity index (χ1n) is 12.8. The van der Waals surface area contributed by atoms with Crippen LogP contribution < -0.4 is 9.64 Å². The molecule has 0 aliphatic rings. The molecule has 3 aromatic carbocycles. The number of benzene rings is 3. The Bertz CT molecular complexity index is 1420. The van der Waals surface area contributed by atoms with Crippen molar-refractivity contribution in [2.24, 2.45) is 0 Å². The molecule has 4 aromatic rings. The largest absolute Gasteiger partial charge is 0.496 e. The molecule has 0 bridgehead atoms. The number of ether oxygens (including phenoxy) is 2. The Kier molecular flexibility index (Phi) is 7.86. The molecule has 0 aliphatic carbocycles. The zero-order chi connectivity index (χ0) is 27.4. The highest BCUT2D eigenvalue weighted by Gasteiger charge is 2.26. The molecule has 0 aliphatic heterocycles. The van der Waals surface area contributed by atoms with E-state index in [1.165, 1.54) is 5.56 Å². The molecule has 196 valence electrons. The van der Waals surface area contributed by atoms with E-state index in [0.29, 0.717) is 0 Å². The van der Waals surface area contributed by atoms with Gasteiger partial charge in [0.15, 0.2) is 0 Å². The molecule has 38 heavy (non-hydrogen) atoms. The molecule has 4 rings (SSSR count). The number of hydrogen-bond acceptors (Lipinski definition) is 4. The zero-order valence-corrected chi connectivity index (χ0v) is 23.3. The topological polar surface area (TPSA) is 51.7 Å². The van der Waals surface area contributed by atoms with Gasteiger partial charge >= 0.3 is 6.09 Å². The molecule has 0 atom stereocenters.